The minimum absolute atomic E-state index is 0.241. The quantitative estimate of drug-likeness (QED) is 0.544. The summed E-state index contributed by atoms with van der Waals surface area (Å²) in [4.78, 5) is 23.9. The first-order valence-corrected chi connectivity index (χ1v) is 7.45. The highest BCUT2D eigenvalue weighted by Gasteiger charge is 2.10. The molecule has 4 N–H and O–H groups in total. The van der Waals surface area contributed by atoms with Crippen molar-refractivity contribution in [2.24, 2.45) is 0 Å². The normalized spacial score (nSPS) is 10.4. The second-order valence-corrected chi connectivity index (χ2v) is 5.32. The third-order valence-corrected chi connectivity index (χ3v) is 3.63. The summed E-state index contributed by atoms with van der Waals surface area (Å²) in [6, 6.07) is 12.2. The number of benzene rings is 2. The molecule has 0 saturated carbocycles. The van der Waals surface area contributed by atoms with Gasteiger partial charge in [-0.05, 0) is 36.5 Å². The van der Waals surface area contributed by atoms with E-state index in [-0.39, 0.29) is 21.4 Å². The first-order chi connectivity index (χ1) is 11.6. The van der Waals surface area contributed by atoms with E-state index in [2.05, 4.69) is 20.8 Å². The molecule has 3 aromatic rings. The predicted molar refractivity (Wildman–Crippen MR) is 98.0 cm³/mol. The van der Waals surface area contributed by atoms with Gasteiger partial charge in [-0.2, -0.15) is 0 Å². The molecule has 0 aliphatic rings. The molecule has 122 valence electrons. The highest BCUT2D eigenvalue weighted by molar-refractivity contribution is 7.80. The van der Waals surface area contributed by atoms with Gasteiger partial charge >= 0.3 is 0 Å². The number of nitrogens with one attached hydrogen (secondary N) is 4. The van der Waals surface area contributed by atoms with Gasteiger partial charge in [-0.15, -0.1) is 0 Å². The lowest BCUT2D eigenvalue weighted by Gasteiger charge is -2.14. The van der Waals surface area contributed by atoms with E-state index < -0.39 is 5.56 Å². The molecule has 0 fully saturated rings. The van der Waals surface area contributed by atoms with Crippen LogP contribution in [0.25, 0.3) is 10.8 Å². The van der Waals surface area contributed by atoms with Gasteiger partial charge in [-0.3, -0.25) is 19.8 Å². The summed E-state index contributed by atoms with van der Waals surface area (Å²) in [7, 11) is 1.56. The SMILES string of the molecule is COc1ccccc1NC(=S)Nc1cccc2c(=O)[nH][nH]c(=O)c12. The first-order valence-electron chi connectivity index (χ1n) is 7.05. The fraction of sp³-hybridized carbons (Fsp3) is 0.0625. The number of rotatable bonds is 3. The molecule has 24 heavy (non-hydrogen) atoms. The number of anilines is 2. The van der Waals surface area contributed by atoms with Crippen LogP contribution in [0.3, 0.4) is 0 Å². The maximum absolute atomic E-state index is 12.0. The Morgan fingerprint density at radius 1 is 0.958 bits per heavy atom. The van der Waals surface area contributed by atoms with Crippen LogP contribution in [0.4, 0.5) is 11.4 Å². The van der Waals surface area contributed by atoms with E-state index in [1.54, 1.807) is 31.4 Å². The highest BCUT2D eigenvalue weighted by atomic mass is 32.1. The number of hydrogen-bond donors (Lipinski definition) is 4. The van der Waals surface area contributed by atoms with Crippen LogP contribution in [-0.4, -0.2) is 22.4 Å². The summed E-state index contributed by atoms with van der Waals surface area (Å²) in [5.41, 5.74) is 0.335. The molecule has 0 atom stereocenters. The van der Waals surface area contributed by atoms with Crippen molar-refractivity contribution in [1.82, 2.24) is 10.2 Å². The van der Waals surface area contributed by atoms with Gasteiger partial charge in [-0.1, -0.05) is 18.2 Å². The average molecular weight is 342 g/mol. The smallest absolute Gasteiger partial charge is 0.272 e. The molecule has 1 heterocycles. The van der Waals surface area contributed by atoms with Crippen molar-refractivity contribution >= 4 is 39.5 Å². The van der Waals surface area contributed by atoms with Crippen LogP contribution in [0.2, 0.25) is 0 Å². The second-order valence-electron chi connectivity index (χ2n) is 4.92. The van der Waals surface area contributed by atoms with Crippen molar-refractivity contribution < 1.29 is 4.74 Å². The van der Waals surface area contributed by atoms with Gasteiger partial charge < -0.3 is 15.4 Å². The van der Waals surface area contributed by atoms with Crippen molar-refractivity contribution in [1.29, 1.82) is 0 Å². The number of hydrogen-bond acceptors (Lipinski definition) is 4. The Morgan fingerprint density at radius 2 is 1.62 bits per heavy atom. The zero-order valence-electron chi connectivity index (χ0n) is 12.7. The van der Waals surface area contributed by atoms with Crippen LogP contribution in [-0.2, 0) is 0 Å². The largest absolute Gasteiger partial charge is 0.495 e. The number of aromatic amines is 2. The minimum atomic E-state index is -0.409. The lowest BCUT2D eigenvalue weighted by Crippen LogP contribution is -2.23. The zero-order chi connectivity index (χ0) is 17.1. The Morgan fingerprint density at radius 3 is 2.42 bits per heavy atom. The maximum atomic E-state index is 12.0. The lowest BCUT2D eigenvalue weighted by molar-refractivity contribution is 0.417. The van der Waals surface area contributed by atoms with E-state index in [4.69, 9.17) is 17.0 Å². The van der Waals surface area contributed by atoms with Crippen LogP contribution in [0.1, 0.15) is 0 Å². The van der Waals surface area contributed by atoms with Gasteiger partial charge in [0.2, 0.25) is 0 Å². The van der Waals surface area contributed by atoms with E-state index in [1.165, 1.54) is 0 Å². The molecular formula is C16H14N4O3S. The molecular weight excluding hydrogens is 328 g/mol. The van der Waals surface area contributed by atoms with Crippen molar-refractivity contribution in [2.75, 3.05) is 17.7 Å². The van der Waals surface area contributed by atoms with Crippen molar-refractivity contribution in [2.45, 2.75) is 0 Å². The lowest BCUT2D eigenvalue weighted by atomic mass is 10.1. The predicted octanol–water partition coefficient (Wildman–Crippen LogP) is 2.03. The summed E-state index contributed by atoms with van der Waals surface area (Å²) in [6.07, 6.45) is 0. The highest BCUT2D eigenvalue weighted by Crippen LogP contribution is 2.24. The van der Waals surface area contributed by atoms with Crippen LogP contribution < -0.4 is 26.5 Å². The Balaban J connectivity index is 1.93. The average Bonchev–Trinajstić information content (AvgIpc) is 2.58. The van der Waals surface area contributed by atoms with E-state index in [9.17, 15) is 9.59 Å². The van der Waals surface area contributed by atoms with Crippen molar-refractivity contribution in [3.63, 3.8) is 0 Å². The van der Waals surface area contributed by atoms with Crippen molar-refractivity contribution in [3.05, 3.63) is 63.2 Å². The number of H-pyrrole nitrogens is 2. The van der Waals surface area contributed by atoms with E-state index in [1.807, 2.05) is 18.2 Å². The number of methoxy groups -OCH3 is 1. The summed E-state index contributed by atoms with van der Waals surface area (Å²) in [5, 5.41) is 11.3. The summed E-state index contributed by atoms with van der Waals surface area (Å²) in [5.74, 6) is 0.633. The maximum Gasteiger partial charge on any atom is 0.272 e. The Bertz CT molecular complexity index is 1030. The summed E-state index contributed by atoms with van der Waals surface area (Å²) in [6.45, 7) is 0. The molecule has 0 unspecified atom stereocenters. The second kappa shape index (κ2) is 6.55. The number of ether oxygens (including phenoxy) is 1. The van der Waals surface area contributed by atoms with E-state index >= 15 is 0 Å². The van der Waals surface area contributed by atoms with Gasteiger partial charge in [-0.25, -0.2) is 0 Å². The number of thiocarbonyl (C=S) groups is 1. The molecule has 0 saturated heterocycles. The van der Waals surface area contributed by atoms with Gasteiger partial charge in [0.15, 0.2) is 5.11 Å². The van der Waals surface area contributed by atoms with Gasteiger partial charge in [0.25, 0.3) is 11.1 Å². The zero-order valence-corrected chi connectivity index (χ0v) is 13.5. The summed E-state index contributed by atoms with van der Waals surface area (Å²) < 4.78 is 5.25. The van der Waals surface area contributed by atoms with Gasteiger partial charge in [0, 0.05) is 0 Å². The molecule has 3 rings (SSSR count). The van der Waals surface area contributed by atoms with Crippen LogP contribution >= 0.6 is 12.2 Å². The first kappa shape index (κ1) is 15.8. The van der Waals surface area contributed by atoms with Crippen LogP contribution in [0.15, 0.2) is 52.1 Å². The molecule has 0 radical (unpaired) electrons. The number of para-hydroxylation sites is 2. The summed E-state index contributed by atoms with van der Waals surface area (Å²) >= 11 is 5.29. The fourth-order valence-corrected chi connectivity index (χ4v) is 2.58. The van der Waals surface area contributed by atoms with E-state index in [0.29, 0.717) is 17.1 Å². The monoisotopic (exact) mass is 342 g/mol. The molecule has 2 aromatic carbocycles. The molecule has 0 amide bonds. The number of fused-ring (bicyclic) bond motifs is 1. The Kier molecular flexibility index (Phi) is 4.30. The van der Waals surface area contributed by atoms with Crippen LogP contribution in [0, 0.1) is 0 Å². The molecule has 0 aliphatic heterocycles. The molecule has 1 aromatic heterocycles. The molecule has 0 spiro atoms. The Labute approximate surface area is 141 Å². The Hall–Kier alpha value is -3.13. The molecule has 0 aliphatic carbocycles. The van der Waals surface area contributed by atoms with Crippen molar-refractivity contribution in [3.8, 4) is 5.75 Å². The molecule has 7 nitrogen and oxygen atoms in total. The third kappa shape index (κ3) is 2.99. The number of aromatic nitrogens is 2. The minimum Gasteiger partial charge on any atom is -0.495 e. The fourth-order valence-electron chi connectivity index (χ4n) is 2.36. The van der Waals surface area contributed by atoms with Gasteiger partial charge in [0.1, 0.15) is 5.75 Å². The standard InChI is InChI=1S/C16H14N4O3S/c1-23-12-8-3-2-6-10(12)17-16(24)18-11-7-4-5-9-13(11)15(22)20-19-14(9)21/h2-8H,1H3,(H,19,21)(H,20,22)(H2,17,18,24). The van der Waals surface area contributed by atoms with Crippen LogP contribution in [0.5, 0.6) is 5.75 Å². The molecule has 8 heteroatoms. The molecule has 0 bridgehead atoms. The van der Waals surface area contributed by atoms with Gasteiger partial charge in [0.05, 0.1) is 29.3 Å². The third-order valence-electron chi connectivity index (χ3n) is 3.43. The van der Waals surface area contributed by atoms with E-state index in [0.717, 1.165) is 0 Å². The topological polar surface area (TPSA) is 99.0 Å².